The summed E-state index contributed by atoms with van der Waals surface area (Å²) in [5, 5.41) is 33.1. The molecule has 3 rings (SSSR count). The Balaban J connectivity index is 1.80. The molecule has 0 spiro atoms. The van der Waals surface area contributed by atoms with Crippen molar-refractivity contribution in [3.8, 4) is 11.5 Å². The van der Waals surface area contributed by atoms with Crippen LogP contribution in [0.5, 0.6) is 11.5 Å². The molecule has 0 bridgehead atoms. The van der Waals surface area contributed by atoms with Crippen LogP contribution in [0.15, 0.2) is 59.8 Å². The van der Waals surface area contributed by atoms with Gasteiger partial charge in [-0.1, -0.05) is 12.1 Å². The van der Waals surface area contributed by atoms with Crippen LogP contribution in [0.3, 0.4) is 0 Å². The summed E-state index contributed by atoms with van der Waals surface area (Å²) in [6.07, 6.45) is 1.85. The number of aliphatic hydroxyl groups is 1. The van der Waals surface area contributed by atoms with Crippen molar-refractivity contribution >= 4 is 33.4 Å². The van der Waals surface area contributed by atoms with Gasteiger partial charge in [0, 0.05) is 18.8 Å². The second-order valence-corrected chi connectivity index (χ2v) is 10.1. The molecule has 0 unspecified atom stereocenters. The van der Waals surface area contributed by atoms with E-state index in [-0.39, 0.29) is 17.9 Å². The van der Waals surface area contributed by atoms with Crippen molar-refractivity contribution in [3.05, 3.63) is 70.5 Å². The number of nitrogens with zero attached hydrogens (tertiary/aromatic N) is 3. The molecule has 39 heavy (non-hydrogen) atoms. The lowest BCUT2D eigenvalue weighted by Crippen LogP contribution is -2.55. The van der Waals surface area contributed by atoms with Crippen LogP contribution >= 0.6 is 0 Å². The fraction of sp³-hybridized carbons (Fsp3) is 0.261. The van der Waals surface area contributed by atoms with Gasteiger partial charge in [-0.3, -0.25) is 28.8 Å². The van der Waals surface area contributed by atoms with Crippen LogP contribution < -0.4 is 15.8 Å². The van der Waals surface area contributed by atoms with E-state index in [0.29, 0.717) is 9.87 Å². The van der Waals surface area contributed by atoms with E-state index in [9.17, 15) is 43.1 Å². The normalized spacial score (nSPS) is 16.1. The molecule has 1 aliphatic heterocycles. The lowest BCUT2D eigenvalue weighted by Gasteiger charge is -2.35. The highest BCUT2D eigenvalue weighted by atomic mass is 32.2. The van der Waals surface area contributed by atoms with Gasteiger partial charge >= 0.3 is 0 Å². The smallest absolute Gasteiger partial charge is 0.293 e. The summed E-state index contributed by atoms with van der Waals surface area (Å²) in [5.41, 5.74) is 5.16. The number of aromatic hydroxyl groups is 1. The van der Waals surface area contributed by atoms with E-state index in [4.69, 9.17) is 10.5 Å². The van der Waals surface area contributed by atoms with Crippen molar-refractivity contribution in [1.29, 1.82) is 0 Å². The van der Waals surface area contributed by atoms with Gasteiger partial charge in [0.05, 0.1) is 24.7 Å². The maximum atomic E-state index is 13.3. The van der Waals surface area contributed by atoms with E-state index in [1.807, 2.05) is 0 Å². The molecule has 15 nitrogen and oxygen atoms in total. The molecule has 0 saturated carbocycles. The quantitative estimate of drug-likeness (QED) is 0.196. The zero-order valence-corrected chi connectivity index (χ0v) is 21.3. The summed E-state index contributed by atoms with van der Waals surface area (Å²) >= 11 is 0. The number of ether oxygens (including phenoxy) is 1. The van der Waals surface area contributed by atoms with Crippen molar-refractivity contribution < 1.29 is 42.7 Å². The average Bonchev–Trinajstić information content (AvgIpc) is 2.89. The van der Waals surface area contributed by atoms with E-state index in [1.165, 1.54) is 37.4 Å². The number of nitro groups is 1. The summed E-state index contributed by atoms with van der Waals surface area (Å²) in [5.74, 6) is -2.63. The van der Waals surface area contributed by atoms with Gasteiger partial charge in [0.2, 0.25) is 11.8 Å². The Labute approximate surface area is 222 Å². The fourth-order valence-electron chi connectivity index (χ4n) is 3.74. The minimum Gasteiger partial charge on any atom is -0.508 e. The van der Waals surface area contributed by atoms with Crippen LogP contribution in [0.1, 0.15) is 5.56 Å². The molecule has 2 aromatic rings. The number of hydrogen-bond acceptors (Lipinski definition) is 10. The standard InChI is InChI=1S/C23H25N5O10S/c1-38-16-6-7-20(18(11-16)28(34)35)39(36,37)27-9-8-26(23(33)19(27)13-29)12-21(31)25-17(22(24)32)10-14-2-4-15(30)5-3-14/h2-9,11,17,19,29-30H,10,12-13H2,1H3,(H2,24,32)(H,25,31)/t17-,19-/m0/s1. The Morgan fingerprint density at radius 2 is 1.87 bits per heavy atom. The van der Waals surface area contributed by atoms with Crippen molar-refractivity contribution in [2.24, 2.45) is 5.73 Å². The molecule has 2 atom stereocenters. The predicted molar refractivity (Wildman–Crippen MR) is 133 cm³/mol. The fourth-order valence-corrected chi connectivity index (χ4v) is 5.32. The average molecular weight is 564 g/mol. The number of phenols is 1. The Morgan fingerprint density at radius 3 is 2.44 bits per heavy atom. The van der Waals surface area contributed by atoms with Gasteiger partial charge in [-0.2, -0.15) is 0 Å². The third-order valence-electron chi connectivity index (χ3n) is 5.73. The van der Waals surface area contributed by atoms with Crippen LogP contribution in [0, 0.1) is 10.1 Å². The Kier molecular flexibility index (Phi) is 8.72. The van der Waals surface area contributed by atoms with E-state index in [2.05, 4.69) is 5.32 Å². The molecule has 5 N–H and O–H groups in total. The first-order valence-corrected chi connectivity index (χ1v) is 12.6. The molecular weight excluding hydrogens is 538 g/mol. The molecule has 16 heteroatoms. The minimum absolute atomic E-state index is 0.00291. The molecule has 0 aliphatic carbocycles. The third kappa shape index (κ3) is 6.42. The maximum absolute atomic E-state index is 13.3. The molecule has 3 amide bonds. The van der Waals surface area contributed by atoms with Gasteiger partial charge in [0.25, 0.3) is 21.6 Å². The highest BCUT2D eigenvalue weighted by molar-refractivity contribution is 7.89. The highest BCUT2D eigenvalue weighted by Gasteiger charge is 2.41. The molecule has 0 saturated heterocycles. The first-order valence-electron chi connectivity index (χ1n) is 11.2. The molecule has 2 aromatic carbocycles. The van der Waals surface area contributed by atoms with Gasteiger partial charge in [-0.25, -0.2) is 8.42 Å². The van der Waals surface area contributed by atoms with E-state index in [0.717, 1.165) is 29.4 Å². The molecule has 0 radical (unpaired) electrons. The second-order valence-electron chi connectivity index (χ2n) is 8.28. The number of carbonyl (C=O) groups is 3. The summed E-state index contributed by atoms with van der Waals surface area (Å²) in [6, 6.07) is 5.98. The predicted octanol–water partition coefficient (Wildman–Crippen LogP) is -0.813. The molecular formula is C23H25N5O10S. The number of methoxy groups -OCH3 is 1. The number of primary amides is 1. The van der Waals surface area contributed by atoms with Crippen LogP contribution in [-0.2, 0) is 30.8 Å². The lowest BCUT2D eigenvalue weighted by atomic mass is 10.1. The van der Waals surface area contributed by atoms with Crippen LogP contribution in [-0.4, -0.2) is 82.8 Å². The first kappa shape index (κ1) is 28.9. The van der Waals surface area contributed by atoms with Gasteiger partial charge in [-0.15, -0.1) is 0 Å². The Bertz CT molecular complexity index is 1410. The summed E-state index contributed by atoms with van der Waals surface area (Å²) in [6.45, 7) is -1.66. The van der Waals surface area contributed by atoms with Crippen molar-refractivity contribution in [1.82, 2.24) is 14.5 Å². The lowest BCUT2D eigenvalue weighted by molar-refractivity contribution is -0.387. The van der Waals surface area contributed by atoms with Gasteiger partial charge in [0.1, 0.15) is 30.1 Å². The number of nitrogens with two attached hydrogens (primary N) is 1. The largest absolute Gasteiger partial charge is 0.508 e. The summed E-state index contributed by atoms with van der Waals surface area (Å²) < 4.78 is 31.9. The molecule has 0 aromatic heterocycles. The van der Waals surface area contributed by atoms with Crippen LogP contribution in [0.25, 0.3) is 0 Å². The summed E-state index contributed by atoms with van der Waals surface area (Å²) in [7, 11) is -3.47. The monoisotopic (exact) mass is 563 g/mol. The van der Waals surface area contributed by atoms with Crippen molar-refractivity contribution in [2.45, 2.75) is 23.4 Å². The topological polar surface area (TPSA) is 223 Å². The number of rotatable bonds is 11. The van der Waals surface area contributed by atoms with E-state index < -0.39 is 68.5 Å². The molecule has 1 aliphatic rings. The van der Waals surface area contributed by atoms with Gasteiger partial charge in [-0.05, 0) is 29.8 Å². The minimum atomic E-state index is -4.71. The number of amides is 3. The number of benzene rings is 2. The zero-order chi connectivity index (χ0) is 28.9. The number of sulfonamides is 1. The molecule has 208 valence electrons. The van der Waals surface area contributed by atoms with E-state index in [1.54, 1.807) is 0 Å². The number of phenolic OH excluding ortho intramolecular Hbond substituents is 1. The van der Waals surface area contributed by atoms with Crippen molar-refractivity contribution in [3.63, 3.8) is 0 Å². The van der Waals surface area contributed by atoms with Crippen LogP contribution in [0.2, 0.25) is 0 Å². The van der Waals surface area contributed by atoms with Gasteiger partial charge < -0.3 is 30.9 Å². The second kappa shape index (κ2) is 11.8. The number of carbonyl (C=O) groups excluding carboxylic acids is 3. The third-order valence-corrected chi connectivity index (χ3v) is 7.56. The van der Waals surface area contributed by atoms with E-state index >= 15 is 0 Å². The number of nitrogens with one attached hydrogen (secondary N) is 1. The van der Waals surface area contributed by atoms with Gasteiger partial charge in [0.15, 0.2) is 4.90 Å². The van der Waals surface area contributed by atoms with Crippen LogP contribution in [0.4, 0.5) is 5.69 Å². The SMILES string of the molecule is COc1ccc(S(=O)(=O)N2C=CN(CC(=O)N[C@@H](Cc3ccc(O)cc3)C(N)=O)C(=O)[C@@H]2CO)c([N+](=O)[O-])c1. The Hall–Kier alpha value is -4.70. The molecule has 0 fully saturated rings. The Morgan fingerprint density at radius 1 is 1.21 bits per heavy atom. The summed E-state index contributed by atoms with van der Waals surface area (Å²) in [4.78, 5) is 48.2. The zero-order valence-electron chi connectivity index (χ0n) is 20.5. The molecule has 1 heterocycles. The van der Waals surface area contributed by atoms with Crippen molar-refractivity contribution in [2.75, 3.05) is 20.3 Å². The number of nitro benzene ring substituents is 1. The first-order chi connectivity index (χ1) is 18.4. The maximum Gasteiger partial charge on any atom is 0.293 e. The number of aliphatic hydroxyl groups excluding tert-OH is 1. The number of hydrogen-bond donors (Lipinski definition) is 4. The highest BCUT2D eigenvalue weighted by Crippen LogP contribution is 2.32.